The zero-order chi connectivity index (χ0) is 13.7. The zero-order valence-corrected chi connectivity index (χ0v) is 12.4. The standard InChI is InChI=1S/C14H20N4S/c1-11(2)16-7-13-6-15-8-14(17-13)18(3)9-12-4-5-19-10-12/h4-6,8,10-11,16H,7,9H2,1-3H3. The Kier molecular flexibility index (Phi) is 4.87. The predicted octanol–water partition coefficient (Wildman–Crippen LogP) is 2.67. The van der Waals surface area contributed by atoms with Gasteiger partial charge in [-0.3, -0.25) is 4.98 Å². The molecule has 0 aliphatic heterocycles. The topological polar surface area (TPSA) is 41.1 Å². The molecule has 0 saturated heterocycles. The van der Waals surface area contributed by atoms with Crippen LogP contribution in [0.25, 0.3) is 0 Å². The van der Waals surface area contributed by atoms with Gasteiger partial charge in [-0.2, -0.15) is 11.3 Å². The van der Waals surface area contributed by atoms with E-state index in [1.165, 1.54) is 5.56 Å². The quantitative estimate of drug-likeness (QED) is 0.880. The van der Waals surface area contributed by atoms with Gasteiger partial charge in [-0.1, -0.05) is 13.8 Å². The molecular weight excluding hydrogens is 256 g/mol. The van der Waals surface area contributed by atoms with Crippen molar-refractivity contribution in [3.8, 4) is 0 Å². The van der Waals surface area contributed by atoms with E-state index in [0.29, 0.717) is 6.04 Å². The van der Waals surface area contributed by atoms with Crippen molar-refractivity contribution in [2.75, 3.05) is 11.9 Å². The Hall–Kier alpha value is -1.46. The molecule has 0 aliphatic carbocycles. The van der Waals surface area contributed by atoms with Crippen molar-refractivity contribution in [3.63, 3.8) is 0 Å². The number of hydrogen-bond acceptors (Lipinski definition) is 5. The molecule has 0 unspecified atom stereocenters. The molecule has 0 aromatic carbocycles. The molecular formula is C14H20N4S. The minimum atomic E-state index is 0.453. The number of rotatable bonds is 6. The Morgan fingerprint density at radius 1 is 1.37 bits per heavy atom. The number of thiophene rings is 1. The monoisotopic (exact) mass is 276 g/mol. The van der Waals surface area contributed by atoms with Crippen LogP contribution in [-0.4, -0.2) is 23.1 Å². The largest absolute Gasteiger partial charge is 0.354 e. The number of nitrogens with one attached hydrogen (secondary N) is 1. The summed E-state index contributed by atoms with van der Waals surface area (Å²) in [5.41, 5.74) is 2.28. The zero-order valence-electron chi connectivity index (χ0n) is 11.6. The summed E-state index contributed by atoms with van der Waals surface area (Å²) in [6, 6.07) is 2.59. The smallest absolute Gasteiger partial charge is 0.147 e. The molecule has 0 saturated carbocycles. The summed E-state index contributed by atoms with van der Waals surface area (Å²) < 4.78 is 0. The second kappa shape index (κ2) is 6.63. The maximum Gasteiger partial charge on any atom is 0.147 e. The van der Waals surface area contributed by atoms with Crippen LogP contribution in [0, 0.1) is 0 Å². The third-order valence-electron chi connectivity index (χ3n) is 2.75. The van der Waals surface area contributed by atoms with Crippen LogP contribution in [0.3, 0.4) is 0 Å². The minimum absolute atomic E-state index is 0.453. The van der Waals surface area contributed by atoms with Crippen LogP contribution in [0.4, 0.5) is 5.82 Å². The van der Waals surface area contributed by atoms with Gasteiger partial charge in [-0.25, -0.2) is 4.98 Å². The molecule has 0 atom stereocenters. The van der Waals surface area contributed by atoms with Gasteiger partial charge in [0.15, 0.2) is 0 Å². The fourth-order valence-corrected chi connectivity index (χ4v) is 2.37. The lowest BCUT2D eigenvalue weighted by molar-refractivity contribution is 0.580. The van der Waals surface area contributed by atoms with Crippen molar-refractivity contribution in [1.82, 2.24) is 15.3 Å². The Morgan fingerprint density at radius 2 is 2.21 bits per heavy atom. The fourth-order valence-electron chi connectivity index (χ4n) is 1.71. The molecule has 0 radical (unpaired) electrons. The second-order valence-electron chi connectivity index (χ2n) is 4.89. The van der Waals surface area contributed by atoms with Gasteiger partial charge in [0.2, 0.25) is 0 Å². The molecule has 0 amide bonds. The summed E-state index contributed by atoms with van der Waals surface area (Å²) in [5.74, 6) is 0.911. The second-order valence-corrected chi connectivity index (χ2v) is 5.67. The van der Waals surface area contributed by atoms with E-state index >= 15 is 0 Å². The van der Waals surface area contributed by atoms with Crippen molar-refractivity contribution in [1.29, 1.82) is 0 Å². The number of aromatic nitrogens is 2. The molecule has 19 heavy (non-hydrogen) atoms. The van der Waals surface area contributed by atoms with Crippen molar-refractivity contribution in [3.05, 3.63) is 40.5 Å². The van der Waals surface area contributed by atoms with E-state index in [4.69, 9.17) is 0 Å². The van der Waals surface area contributed by atoms with Gasteiger partial charge in [-0.05, 0) is 22.4 Å². The van der Waals surface area contributed by atoms with E-state index in [9.17, 15) is 0 Å². The number of anilines is 1. The van der Waals surface area contributed by atoms with Crippen molar-refractivity contribution >= 4 is 17.2 Å². The Morgan fingerprint density at radius 3 is 2.89 bits per heavy atom. The normalized spacial score (nSPS) is 10.9. The minimum Gasteiger partial charge on any atom is -0.354 e. The average Bonchev–Trinajstić information content (AvgIpc) is 2.89. The lowest BCUT2D eigenvalue weighted by Gasteiger charge is -2.18. The lowest BCUT2D eigenvalue weighted by Crippen LogP contribution is -2.23. The van der Waals surface area contributed by atoms with Crippen LogP contribution in [-0.2, 0) is 13.1 Å². The van der Waals surface area contributed by atoms with Crippen LogP contribution in [0.5, 0.6) is 0 Å². The van der Waals surface area contributed by atoms with Gasteiger partial charge in [0.25, 0.3) is 0 Å². The average molecular weight is 276 g/mol. The lowest BCUT2D eigenvalue weighted by atomic mass is 10.3. The molecule has 2 rings (SSSR count). The van der Waals surface area contributed by atoms with Gasteiger partial charge in [0, 0.05) is 32.4 Å². The van der Waals surface area contributed by atoms with Crippen LogP contribution < -0.4 is 10.2 Å². The first kappa shape index (κ1) is 14.0. The Labute approximate surface area is 118 Å². The molecule has 102 valence electrons. The van der Waals surface area contributed by atoms with E-state index in [1.54, 1.807) is 11.3 Å². The summed E-state index contributed by atoms with van der Waals surface area (Å²) in [4.78, 5) is 11.0. The first-order valence-electron chi connectivity index (χ1n) is 6.41. The first-order valence-corrected chi connectivity index (χ1v) is 7.36. The maximum atomic E-state index is 4.63. The maximum absolute atomic E-state index is 4.63. The van der Waals surface area contributed by atoms with Crippen molar-refractivity contribution < 1.29 is 0 Å². The van der Waals surface area contributed by atoms with Gasteiger partial charge in [0.05, 0.1) is 11.9 Å². The summed E-state index contributed by atoms with van der Waals surface area (Å²) in [6.45, 7) is 5.87. The van der Waals surface area contributed by atoms with Gasteiger partial charge in [0.1, 0.15) is 5.82 Å². The van der Waals surface area contributed by atoms with Crippen molar-refractivity contribution in [2.45, 2.75) is 33.0 Å². The highest BCUT2D eigenvalue weighted by atomic mass is 32.1. The van der Waals surface area contributed by atoms with Crippen LogP contribution in [0.2, 0.25) is 0 Å². The van der Waals surface area contributed by atoms with Gasteiger partial charge in [-0.15, -0.1) is 0 Å². The summed E-state index contributed by atoms with van der Waals surface area (Å²) >= 11 is 1.72. The molecule has 0 bridgehead atoms. The molecule has 4 nitrogen and oxygen atoms in total. The molecule has 1 N–H and O–H groups in total. The summed E-state index contributed by atoms with van der Waals surface area (Å²) in [7, 11) is 2.04. The molecule has 0 aliphatic rings. The molecule has 0 spiro atoms. The fraction of sp³-hybridized carbons (Fsp3) is 0.429. The predicted molar refractivity (Wildman–Crippen MR) is 80.4 cm³/mol. The van der Waals surface area contributed by atoms with E-state index in [-0.39, 0.29) is 0 Å². The first-order chi connectivity index (χ1) is 9.15. The third-order valence-corrected chi connectivity index (χ3v) is 3.49. The highest BCUT2D eigenvalue weighted by Gasteiger charge is 2.06. The van der Waals surface area contributed by atoms with E-state index in [2.05, 4.69) is 50.9 Å². The molecule has 2 aromatic heterocycles. The van der Waals surface area contributed by atoms with Crippen LogP contribution in [0.1, 0.15) is 25.1 Å². The number of hydrogen-bond donors (Lipinski definition) is 1. The van der Waals surface area contributed by atoms with Gasteiger partial charge < -0.3 is 10.2 Å². The van der Waals surface area contributed by atoms with Gasteiger partial charge >= 0.3 is 0 Å². The highest BCUT2D eigenvalue weighted by molar-refractivity contribution is 7.07. The molecule has 0 fully saturated rings. The SMILES string of the molecule is CC(C)NCc1cncc(N(C)Cc2ccsc2)n1. The summed E-state index contributed by atoms with van der Waals surface area (Å²) in [5, 5.41) is 7.61. The third kappa shape index (κ3) is 4.29. The number of nitrogens with zero attached hydrogens (tertiary/aromatic N) is 3. The van der Waals surface area contributed by atoms with E-state index in [0.717, 1.165) is 24.6 Å². The van der Waals surface area contributed by atoms with E-state index in [1.807, 2.05) is 19.4 Å². The molecule has 5 heteroatoms. The summed E-state index contributed by atoms with van der Waals surface area (Å²) in [6.07, 6.45) is 3.63. The Bertz CT molecular complexity index is 496. The van der Waals surface area contributed by atoms with Crippen molar-refractivity contribution in [2.24, 2.45) is 0 Å². The highest BCUT2D eigenvalue weighted by Crippen LogP contribution is 2.14. The van der Waals surface area contributed by atoms with E-state index < -0.39 is 0 Å². The molecule has 2 aromatic rings. The van der Waals surface area contributed by atoms with Crippen LogP contribution >= 0.6 is 11.3 Å². The molecule has 2 heterocycles. The Balaban J connectivity index is 2.01. The van der Waals surface area contributed by atoms with Crippen LogP contribution in [0.15, 0.2) is 29.2 Å².